The van der Waals surface area contributed by atoms with Gasteiger partial charge in [0.05, 0.1) is 12.1 Å². The zero-order valence-corrected chi connectivity index (χ0v) is 8.32. The minimum atomic E-state index is -0.454. The lowest BCUT2D eigenvalue weighted by atomic mass is 10.1. The van der Waals surface area contributed by atoms with Gasteiger partial charge in [0.2, 0.25) is 0 Å². The molecule has 0 aromatic carbocycles. The Hall–Kier alpha value is -0.940. The normalized spacial score (nSPS) is 12.0. The summed E-state index contributed by atoms with van der Waals surface area (Å²) in [5.74, 6) is 0.782. The third-order valence-corrected chi connectivity index (χ3v) is 1.73. The van der Waals surface area contributed by atoms with Crippen LogP contribution >= 0.6 is 0 Å². The molecular formula is C8H16N4O. The summed E-state index contributed by atoms with van der Waals surface area (Å²) in [4.78, 5) is 0. The van der Waals surface area contributed by atoms with Gasteiger partial charge in [-0.15, -0.1) is 10.2 Å². The second kappa shape index (κ2) is 3.85. The number of rotatable bonds is 4. The fourth-order valence-electron chi connectivity index (χ4n) is 1.11. The Balaban J connectivity index is 2.77. The first-order valence-electron chi connectivity index (χ1n) is 4.22. The predicted molar refractivity (Wildman–Crippen MR) is 49.1 cm³/mol. The Labute approximate surface area is 77.9 Å². The van der Waals surface area contributed by atoms with Gasteiger partial charge in [-0.05, 0) is 13.8 Å². The molecule has 74 valence electrons. The minimum absolute atomic E-state index is 0.454. The molecule has 1 aromatic rings. The summed E-state index contributed by atoms with van der Waals surface area (Å²) >= 11 is 0. The van der Waals surface area contributed by atoms with E-state index < -0.39 is 5.54 Å². The summed E-state index contributed by atoms with van der Waals surface area (Å²) in [6.45, 7) is 5.18. The Kier molecular flexibility index (Phi) is 3.00. The van der Waals surface area contributed by atoms with Crippen molar-refractivity contribution < 1.29 is 4.74 Å². The van der Waals surface area contributed by atoms with Gasteiger partial charge in [-0.2, -0.15) is 0 Å². The van der Waals surface area contributed by atoms with Gasteiger partial charge in [-0.25, -0.2) is 0 Å². The average Bonchev–Trinajstić information content (AvgIpc) is 2.47. The number of hydrogen-bond donors (Lipinski definition) is 1. The smallest absolute Gasteiger partial charge is 0.152 e. The van der Waals surface area contributed by atoms with Crippen LogP contribution < -0.4 is 5.73 Å². The third-order valence-electron chi connectivity index (χ3n) is 1.73. The molecule has 0 amide bonds. The molecule has 0 saturated carbocycles. The second-order valence-electron chi connectivity index (χ2n) is 3.56. The van der Waals surface area contributed by atoms with Crippen LogP contribution in [-0.2, 0) is 16.8 Å². The Morgan fingerprint density at radius 1 is 1.62 bits per heavy atom. The molecule has 0 aliphatic heterocycles. The van der Waals surface area contributed by atoms with Gasteiger partial charge in [0.1, 0.15) is 6.33 Å². The topological polar surface area (TPSA) is 66.0 Å². The average molecular weight is 184 g/mol. The summed E-state index contributed by atoms with van der Waals surface area (Å²) < 4.78 is 6.87. The molecule has 0 aliphatic rings. The minimum Gasteiger partial charge on any atom is -0.383 e. The summed E-state index contributed by atoms with van der Waals surface area (Å²) in [5, 5.41) is 7.79. The van der Waals surface area contributed by atoms with E-state index in [1.165, 1.54) is 0 Å². The van der Waals surface area contributed by atoms with Crippen molar-refractivity contribution in [3.8, 4) is 0 Å². The highest BCUT2D eigenvalue weighted by molar-refractivity contribution is 5.00. The molecule has 0 aliphatic carbocycles. The van der Waals surface area contributed by atoms with Crippen molar-refractivity contribution in [3.63, 3.8) is 0 Å². The molecule has 1 rings (SSSR count). The van der Waals surface area contributed by atoms with Crippen LogP contribution in [0.25, 0.3) is 0 Å². The lowest BCUT2D eigenvalue weighted by Crippen LogP contribution is -2.33. The van der Waals surface area contributed by atoms with E-state index in [1.807, 2.05) is 18.4 Å². The first-order valence-corrected chi connectivity index (χ1v) is 4.22. The van der Waals surface area contributed by atoms with E-state index >= 15 is 0 Å². The van der Waals surface area contributed by atoms with Gasteiger partial charge in [-0.1, -0.05) is 0 Å². The van der Waals surface area contributed by atoms with E-state index in [0.717, 1.165) is 12.4 Å². The molecule has 0 saturated heterocycles. The first kappa shape index (κ1) is 10.1. The van der Waals surface area contributed by atoms with Crippen LogP contribution in [0.3, 0.4) is 0 Å². The lowest BCUT2D eigenvalue weighted by molar-refractivity contribution is 0.185. The highest BCUT2D eigenvalue weighted by Crippen LogP contribution is 2.12. The summed E-state index contributed by atoms with van der Waals surface area (Å²) in [5.41, 5.74) is 5.46. The fraction of sp³-hybridized carbons (Fsp3) is 0.750. The van der Waals surface area contributed by atoms with Crippen molar-refractivity contribution in [2.24, 2.45) is 5.73 Å². The van der Waals surface area contributed by atoms with Gasteiger partial charge in [0, 0.05) is 13.7 Å². The number of methoxy groups -OCH3 is 1. The van der Waals surface area contributed by atoms with Crippen LogP contribution in [-0.4, -0.2) is 28.5 Å². The summed E-state index contributed by atoms with van der Waals surface area (Å²) in [6, 6.07) is 0. The Morgan fingerprint density at radius 2 is 2.31 bits per heavy atom. The molecule has 13 heavy (non-hydrogen) atoms. The quantitative estimate of drug-likeness (QED) is 0.721. The number of hydrogen-bond acceptors (Lipinski definition) is 4. The second-order valence-corrected chi connectivity index (χ2v) is 3.56. The number of aromatic nitrogens is 3. The SMILES string of the molecule is COCCn1cnnc1C(C)(C)N. The Bertz CT molecular complexity index is 263. The molecule has 0 spiro atoms. The van der Waals surface area contributed by atoms with Crippen LogP contribution in [0.5, 0.6) is 0 Å². The molecule has 1 aromatic heterocycles. The van der Waals surface area contributed by atoms with E-state index in [1.54, 1.807) is 13.4 Å². The van der Waals surface area contributed by atoms with Crippen molar-refractivity contribution in [2.45, 2.75) is 25.9 Å². The maximum atomic E-state index is 5.91. The van der Waals surface area contributed by atoms with Gasteiger partial charge >= 0.3 is 0 Å². The van der Waals surface area contributed by atoms with Gasteiger partial charge in [0.25, 0.3) is 0 Å². The first-order chi connectivity index (χ1) is 6.05. The van der Waals surface area contributed by atoms with Crippen LogP contribution in [0, 0.1) is 0 Å². The Morgan fingerprint density at radius 3 is 2.85 bits per heavy atom. The molecule has 5 nitrogen and oxygen atoms in total. The van der Waals surface area contributed by atoms with E-state index in [0.29, 0.717) is 6.61 Å². The summed E-state index contributed by atoms with van der Waals surface area (Å²) in [7, 11) is 1.66. The third kappa shape index (κ3) is 2.50. The van der Waals surface area contributed by atoms with Crippen LogP contribution in [0.15, 0.2) is 6.33 Å². The van der Waals surface area contributed by atoms with Gasteiger partial charge in [0.15, 0.2) is 5.82 Å². The molecule has 2 N–H and O–H groups in total. The standard InChI is InChI=1S/C8H16N4O/c1-8(2,9)7-11-10-6-12(7)4-5-13-3/h6H,4-5,9H2,1-3H3. The number of ether oxygens (including phenoxy) is 1. The van der Waals surface area contributed by atoms with Crippen molar-refractivity contribution in [1.82, 2.24) is 14.8 Å². The molecular weight excluding hydrogens is 168 g/mol. The molecule has 5 heteroatoms. The molecule has 0 radical (unpaired) electrons. The maximum absolute atomic E-state index is 5.91. The monoisotopic (exact) mass is 184 g/mol. The molecule has 0 bridgehead atoms. The van der Waals surface area contributed by atoms with Crippen molar-refractivity contribution in [2.75, 3.05) is 13.7 Å². The zero-order valence-electron chi connectivity index (χ0n) is 8.32. The summed E-state index contributed by atoms with van der Waals surface area (Å²) in [6.07, 6.45) is 1.67. The van der Waals surface area contributed by atoms with Crippen molar-refractivity contribution >= 4 is 0 Å². The van der Waals surface area contributed by atoms with E-state index in [4.69, 9.17) is 10.5 Å². The largest absolute Gasteiger partial charge is 0.383 e. The van der Waals surface area contributed by atoms with Crippen LogP contribution in [0.4, 0.5) is 0 Å². The number of nitrogens with two attached hydrogens (primary N) is 1. The van der Waals surface area contributed by atoms with Gasteiger partial charge < -0.3 is 15.0 Å². The van der Waals surface area contributed by atoms with Gasteiger partial charge in [-0.3, -0.25) is 0 Å². The van der Waals surface area contributed by atoms with Crippen LogP contribution in [0.1, 0.15) is 19.7 Å². The van der Waals surface area contributed by atoms with Crippen LogP contribution in [0.2, 0.25) is 0 Å². The molecule has 0 fully saturated rings. The van der Waals surface area contributed by atoms with Crippen molar-refractivity contribution in [3.05, 3.63) is 12.2 Å². The van der Waals surface area contributed by atoms with E-state index in [-0.39, 0.29) is 0 Å². The zero-order chi connectivity index (χ0) is 9.90. The molecule has 0 atom stereocenters. The van der Waals surface area contributed by atoms with E-state index in [9.17, 15) is 0 Å². The highest BCUT2D eigenvalue weighted by Gasteiger charge is 2.20. The number of nitrogens with zero attached hydrogens (tertiary/aromatic N) is 3. The lowest BCUT2D eigenvalue weighted by Gasteiger charge is -2.18. The molecule has 0 unspecified atom stereocenters. The maximum Gasteiger partial charge on any atom is 0.152 e. The van der Waals surface area contributed by atoms with E-state index in [2.05, 4.69) is 10.2 Å². The highest BCUT2D eigenvalue weighted by atomic mass is 16.5. The predicted octanol–water partition coefficient (Wildman–Crippen LogP) is 0.118. The molecule has 1 heterocycles. The van der Waals surface area contributed by atoms with Crippen molar-refractivity contribution in [1.29, 1.82) is 0 Å². The fourth-order valence-corrected chi connectivity index (χ4v) is 1.11.